The zero-order chi connectivity index (χ0) is 26.9. The second-order valence-electron chi connectivity index (χ2n) is 11.3. The van der Waals surface area contributed by atoms with E-state index >= 15 is 0 Å². The van der Waals surface area contributed by atoms with E-state index in [2.05, 4.69) is 16.7 Å². The van der Waals surface area contributed by atoms with Crippen LogP contribution in [0.5, 0.6) is 0 Å². The third-order valence-corrected chi connectivity index (χ3v) is 6.93. The van der Waals surface area contributed by atoms with Crippen LogP contribution in [0.15, 0.2) is 18.2 Å². The van der Waals surface area contributed by atoms with Crippen molar-refractivity contribution in [2.45, 2.75) is 84.2 Å². The van der Waals surface area contributed by atoms with E-state index in [1.807, 2.05) is 20.8 Å². The van der Waals surface area contributed by atoms with Gasteiger partial charge < -0.3 is 14.7 Å². The molecule has 6 nitrogen and oxygen atoms in total. The molecule has 1 aromatic carbocycles. The fourth-order valence-corrected chi connectivity index (χ4v) is 4.73. The number of carbonyl (C=O) groups excluding carboxylic acids is 1. The fourth-order valence-electron chi connectivity index (χ4n) is 4.73. The number of carboxylic acids is 1. The predicted molar refractivity (Wildman–Crippen MR) is 129 cm³/mol. The molecule has 2 saturated heterocycles. The van der Waals surface area contributed by atoms with E-state index in [0.717, 1.165) is 44.4 Å². The number of rotatable bonds is 3. The third-order valence-electron chi connectivity index (χ3n) is 6.93. The molecule has 1 spiro atoms. The van der Waals surface area contributed by atoms with Crippen molar-refractivity contribution in [3.8, 4) is 11.8 Å². The summed E-state index contributed by atoms with van der Waals surface area (Å²) >= 11 is 0. The van der Waals surface area contributed by atoms with E-state index in [9.17, 15) is 27.9 Å². The number of carboxylic acid groups (broad SMARTS) is 1. The highest BCUT2D eigenvalue weighted by Gasteiger charge is 2.44. The minimum absolute atomic E-state index is 0.147. The van der Waals surface area contributed by atoms with Crippen LogP contribution in [0.25, 0.3) is 0 Å². The van der Waals surface area contributed by atoms with Gasteiger partial charge >= 0.3 is 18.2 Å². The van der Waals surface area contributed by atoms with Crippen molar-refractivity contribution in [2.75, 3.05) is 19.6 Å². The van der Waals surface area contributed by atoms with Gasteiger partial charge in [0.1, 0.15) is 11.0 Å². The molecule has 2 aliphatic rings. The van der Waals surface area contributed by atoms with E-state index in [1.54, 1.807) is 4.90 Å². The molecule has 2 aliphatic heterocycles. The van der Waals surface area contributed by atoms with Crippen LogP contribution < -0.4 is 0 Å². The molecule has 2 fully saturated rings. The number of hydrogen-bond donors (Lipinski definition) is 1. The third kappa shape index (κ3) is 6.52. The number of alkyl halides is 3. The van der Waals surface area contributed by atoms with Crippen molar-refractivity contribution in [1.82, 2.24) is 9.80 Å². The Kier molecular flexibility index (Phi) is 7.71. The van der Waals surface area contributed by atoms with Gasteiger partial charge in [0.15, 0.2) is 0 Å². The first-order valence-electron chi connectivity index (χ1n) is 12.2. The maximum absolute atomic E-state index is 13.4. The summed E-state index contributed by atoms with van der Waals surface area (Å²) in [5.74, 6) is 4.22. The number of hydrogen-bond acceptors (Lipinski definition) is 4. The molecule has 1 N–H and O–H groups in total. The smallest absolute Gasteiger partial charge is 0.416 e. The maximum atomic E-state index is 13.4. The lowest BCUT2D eigenvalue weighted by Gasteiger charge is -2.45. The molecule has 198 valence electrons. The van der Waals surface area contributed by atoms with Crippen molar-refractivity contribution in [1.29, 1.82) is 0 Å². The maximum Gasteiger partial charge on any atom is 0.416 e. The Balaban J connectivity index is 1.83. The fraction of sp³-hybridized carbons (Fsp3) is 0.630. The number of nitrogens with zero attached hydrogens (tertiary/aromatic N) is 2. The molecule has 9 heteroatoms. The predicted octanol–water partition coefficient (Wildman–Crippen LogP) is 5.53. The molecular weight excluding hydrogens is 473 g/mol. The molecule has 0 aliphatic carbocycles. The van der Waals surface area contributed by atoms with Crippen LogP contribution in [0.4, 0.5) is 18.0 Å². The van der Waals surface area contributed by atoms with Gasteiger partial charge in [-0.15, -0.1) is 0 Å². The molecule has 2 heterocycles. The molecular formula is C27H35F3N2O4. The zero-order valence-corrected chi connectivity index (χ0v) is 21.6. The summed E-state index contributed by atoms with van der Waals surface area (Å²) in [5.41, 5.74) is -2.10. The van der Waals surface area contributed by atoms with Gasteiger partial charge in [-0.3, -0.25) is 9.69 Å². The molecule has 0 saturated carbocycles. The van der Waals surface area contributed by atoms with E-state index in [4.69, 9.17) is 4.74 Å². The number of aliphatic carboxylic acids is 1. The standard InChI is InChI=1S/C27H35F3N2O4/c1-24(2,3)36-23(35)31-15-12-26(13-16-31)10-6-14-32(26)18-20-7-8-21(27(28,29)30)17-19(20)9-11-25(4,5)22(33)34/h7-8,17H,6,10,12-16,18H2,1-5H3,(H,33,34). The second kappa shape index (κ2) is 9.97. The molecule has 0 unspecified atom stereocenters. The molecule has 3 rings (SSSR count). The highest BCUT2D eigenvalue weighted by Crippen LogP contribution is 2.40. The Morgan fingerprint density at radius 2 is 1.69 bits per heavy atom. The van der Waals surface area contributed by atoms with Crippen LogP contribution in [0.3, 0.4) is 0 Å². The van der Waals surface area contributed by atoms with E-state index in [1.165, 1.54) is 19.9 Å². The lowest BCUT2D eigenvalue weighted by atomic mass is 9.84. The van der Waals surface area contributed by atoms with Crippen molar-refractivity contribution in [2.24, 2.45) is 5.41 Å². The molecule has 1 amide bonds. The van der Waals surface area contributed by atoms with E-state index in [-0.39, 0.29) is 17.2 Å². The largest absolute Gasteiger partial charge is 0.480 e. The number of amides is 1. The monoisotopic (exact) mass is 508 g/mol. The van der Waals surface area contributed by atoms with Gasteiger partial charge in [-0.25, -0.2) is 4.79 Å². The molecule has 0 radical (unpaired) electrons. The number of carbonyl (C=O) groups is 2. The van der Waals surface area contributed by atoms with Crippen LogP contribution in [0.1, 0.15) is 77.0 Å². The van der Waals surface area contributed by atoms with Crippen LogP contribution in [-0.2, 0) is 22.3 Å². The van der Waals surface area contributed by atoms with Gasteiger partial charge in [0.05, 0.1) is 5.56 Å². The Labute approximate surface area is 210 Å². The minimum atomic E-state index is -4.53. The van der Waals surface area contributed by atoms with Gasteiger partial charge in [-0.05, 0) is 84.5 Å². The number of piperidine rings is 1. The summed E-state index contributed by atoms with van der Waals surface area (Å²) in [4.78, 5) is 28.0. The molecule has 0 bridgehead atoms. The van der Waals surface area contributed by atoms with Gasteiger partial charge in [0.25, 0.3) is 0 Å². The molecule has 1 aromatic rings. The first-order chi connectivity index (χ1) is 16.5. The van der Waals surface area contributed by atoms with Crippen molar-refractivity contribution in [3.05, 3.63) is 34.9 Å². The SMILES string of the molecule is CC(C)(C)OC(=O)N1CCC2(CCCN2Cc2ccc(C(F)(F)F)cc2C#CC(C)(C)C(=O)O)CC1. The average molecular weight is 509 g/mol. The Morgan fingerprint density at radius 3 is 2.25 bits per heavy atom. The Hall–Kier alpha value is -2.73. The highest BCUT2D eigenvalue weighted by atomic mass is 19.4. The quantitative estimate of drug-likeness (QED) is 0.544. The Bertz CT molecular complexity index is 1060. The lowest BCUT2D eigenvalue weighted by Crippen LogP contribution is -2.53. The number of ether oxygens (including phenoxy) is 1. The molecule has 0 aromatic heterocycles. The van der Waals surface area contributed by atoms with E-state index < -0.39 is 28.7 Å². The van der Waals surface area contributed by atoms with Crippen LogP contribution >= 0.6 is 0 Å². The van der Waals surface area contributed by atoms with Crippen LogP contribution in [0, 0.1) is 17.3 Å². The Morgan fingerprint density at radius 1 is 1.06 bits per heavy atom. The van der Waals surface area contributed by atoms with Crippen LogP contribution in [0.2, 0.25) is 0 Å². The van der Waals surface area contributed by atoms with Gasteiger partial charge in [-0.1, -0.05) is 17.9 Å². The van der Waals surface area contributed by atoms with Gasteiger partial charge in [0.2, 0.25) is 0 Å². The summed E-state index contributed by atoms with van der Waals surface area (Å²) in [6.45, 7) is 10.6. The summed E-state index contributed by atoms with van der Waals surface area (Å²) in [6, 6.07) is 3.51. The molecule has 0 atom stereocenters. The van der Waals surface area contributed by atoms with Gasteiger partial charge in [-0.2, -0.15) is 13.2 Å². The van der Waals surface area contributed by atoms with Crippen molar-refractivity contribution >= 4 is 12.1 Å². The summed E-state index contributed by atoms with van der Waals surface area (Å²) in [6.07, 6.45) is -1.45. The topological polar surface area (TPSA) is 70.1 Å². The number of likely N-dealkylation sites (tertiary alicyclic amines) is 2. The number of benzene rings is 1. The van der Waals surface area contributed by atoms with Crippen molar-refractivity contribution in [3.63, 3.8) is 0 Å². The van der Waals surface area contributed by atoms with Crippen molar-refractivity contribution < 1.29 is 32.6 Å². The lowest BCUT2D eigenvalue weighted by molar-refractivity contribution is -0.143. The average Bonchev–Trinajstić information content (AvgIpc) is 3.12. The van der Waals surface area contributed by atoms with Gasteiger partial charge in [0, 0.05) is 30.7 Å². The first kappa shape index (κ1) is 27.9. The summed E-state index contributed by atoms with van der Waals surface area (Å²) in [7, 11) is 0. The zero-order valence-electron chi connectivity index (χ0n) is 21.6. The summed E-state index contributed by atoms with van der Waals surface area (Å²) < 4.78 is 45.7. The highest BCUT2D eigenvalue weighted by molar-refractivity contribution is 5.77. The normalized spacial score (nSPS) is 18.6. The minimum Gasteiger partial charge on any atom is -0.480 e. The molecule has 36 heavy (non-hydrogen) atoms. The first-order valence-corrected chi connectivity index (χ1v) is 12.2. The van der Waals surface area contributed by atoms with Crippen LogP contribution in [-0.4, -0.2) is 57.7 Å². The summed E-state index contributed by atoms with van der Waals surface area (Å²) in [5, 5.41) is 9.36. The second-order valence-corrected chi connectivity index (χ2v) is 11.3. The number of halogens is 3. The van der Waals surface area contributed by atoms with E-state index in [0.29, 0.717) is 25.2 Å².